The van der Waals surface area contributed by atoms with E-state index in [-0.39, 0.29) is 35.6 Å². The molecule has 280 valence electrons. The maximum absolute atomic E-state index is 15.1. The number of imide groups is 2. The lowest BCUT2D eigenvalue weighted by Gasteiger charge is -2.49. The highest BCUT2D eigenvalue weighted by molar-refractivity contribution is 7.22. The van der Waals surface area contributed by atoms with E-state index in [0.29, 0.717) is 39.2 Å². The minimum Gasteiger partial charge on any atom is -0.504 e. The average molecular weight is 796 g/mol. The molecule has 6 atom stereocenters. The molecule has 0 bridgehead atoms. The van der Waals surface area contributed by atoms with Crippen LogP contribution in [0, 0.1) is 42.9 Å². The number of hydrogen-bond acceptors (Lipinski definition) is 8. The van der Waals surface area contributed by atoms with E-state index in [4.69, 9.17) is 33.0 Å². The molecule has 2 aromatic heterocycles. The third kappa shape index (κ3) is 5.02. The first-order chi connectivity index (χ1) is 26.2. The SMILES string of the molecule is COc1cc([C@H]2C3=CC[C@@H]4C(=O)N(c5ccc(C)c(Cl)c5)C(=O)[C@@H]4[C@@H]3C[C@H]3C(=O)N(c4cc(-c5sc6ccc(Cl)cc6c5C)nn4C)C(=O)[C@@]23C)ccc1O. The standard InChI is InChI=1S/C42H36Cl2N4O6S/c1-19-6-9-23(16-29(19)44)47-38(50)25-11-10-24-27(35(25)40(47)52)17-28-39(51)48(41(53)42(28,3)36(24)21-7-12-31(49)32(14-21)54-5)34-18-30(45-46(34)4)37-20(2)26-15-22(43)8-13-33(26)55-37/h6-10,12-16,18,25,27-28,35-36,49H,11,17H2,1-5H3/t25-,27+,28-,35-,36-,42+/m0/s1. The predicted octanol–water partition coefficient (Wildman–Crippen LogP) is 8.37. The highest BCUT2D eigenvalue weighted by atomic mass is 35.5. The molecule has 3 fully saturated rings. The first-order valence-corrected chi connectivity index (χ1v) is 19.6. The summed E-state index contributed by atoms with van der Waals surface area (Å²) in [6.07, 6.45) is 2.48. The number of benzene rings is 3. The Balaban J connectivity index is 1.16. The summed E-state index contributed by atoms with van der Waals surface area (Å²) >= 11 is 14.3. The molecule has 1 N–H and O–H groups in total. The van der Waals surface area contributed by atoms with Crippen molar-refractivity contribution < 1.29 is 29.0 Å². The molecule has 4 aliphatic rings. The van der Waals surface area contributed by atoms with Crippen molar-refractivity contribution in [3.8, 4) is 22.1 Å². The number of nitrogens with zero attached hydrogens (tertiary/aromatic N) is 4. The fourth-order valence-corrected chi connectivity index (χ4v) is 11.2. The third-order valence-corrected chi connectivity index (χ3v) is 14.4. The van der Waals surface area contributed by atoms with E-state index in [1.54, 1.807) is 59.5 Å². The van der Waals surface area contributed by atoms with Gasteiger partial charge in [0.05, 0.1) is 40.8 Å². The Morgan fingerprint density at radius 3 is 2.45 bits per heavy atom. The van der Waals surface area contributed by atoms with Crippen molar-refractivity contribution in [3.63, 3.8) is 0 Å². The molecular formula is C42H36Cl2N4O6S. The molecule has 5 aromatic rings. The normalized spacial score (nSPS) is 26.1. The van der Waals surface area contributed by atoms with E-state index in [1.807, 2.05) is 45.0 Å². The van der Waals surface area contributed by atoms with Gasteiger partial charge in [-0.3, -0.25) is 23.9 Å². The third-order valence-electron chi connectivity index (χ3n) is 12.4. The van der Waals surface area contributed by atoms with Crippen molar-refractivity contribution >= 4 is 79.8 Å². The lowest BCUT2D eigenvalue weighted by molar-refractivity contribution is -0.131. The number of methoxy groups -OCH3 is 1. The topological polar surface area (TPSA) is 122 Å². The number of phenolic OH excluding ortho intramolecular Hbond substituents is 1. The van der Waals surface area contributed by atoms with Gasteiger partial charge in [-0.2, -0.15) is 5.10 Å². The molecule has 2 aliphatic heterocycles. The van der Waals surface area contributed by atoms with Gasteiger partial charge in [0.15, 0.2) is 11.5 Å². The first-order valence-electron chi connectivity index (χ1n) is 18.1. The Morgan fingerprint density at radius 2 is 1.71 bits per heavy atom. The maximum Gasteiger partial charge on any atom is 0.242 e. The van der Waals surface area contributed by atoms with Crippen molar-refractivity contribution in [2.24, 2.45) is 36.1 Å². The highest BCUT2D eigenvalue weighted by Crippen LogP contribution is 2.64. The number of hydrogen-bond donors (Lipinski definition) is 1. The van der Waals surface area contributed by atoms with Crippen molar-refractivity contribution in [1.82, 2.24) is 9.78 Å². The van der Waals surface area contributed by atoms with Crippen molar-refractivity contribution in [3.05, 3.63) is 99.0 Å². The minimum absolute atomic E-state index is 0.0707. The van der Waals surface area contributed by atoms with Crippen molar-refractivity contribution in [2.75, 3.05) is 16.9 Å². The lowest BCUT2D eigenvalue weighted by atomic mass is 9.51. The van der Waals surface area contributed by atoms with E-state index in [0.717, 1.165) is 31.7 Å². The van der Waals surface area contributed by atoms with Gasteiger partial charge in [-0.25, -0.2) is 9.80 Å². The molecule has 2 saturated heterocycles. The minimum atomic E-state index is -1.29. The monoisotopic (exact) mass is 794 g/mol. The van der Waals surface area contributed by atoms with E-state index < -0.39 is 40.9 Å². The van der Waals surface area contributed by atoms with Crippen LogP contribution in [0.5, 0.6) is 11.5 Å². The second-order valence-electron chi connectivity index (χ2n) is 15.2. The Morgan fingerprint density at radius 1 is 0.927 bits per heavy atom. The number of rotatable bonds is 5. The van der Waals surface area contributed by atoms with Crippen molar-refractivity contribution in [1.29, 1.82) is 0 Å². The van der Waals surface area contributed by atoms with Crippen LogP contribution in [0.4, 0.5) is 11.5 Å². The van der Waals surface area contributed by atoms with Gasteiger partial charge < -0.3 is 9.84 Å². The molecule has 1 saturated carbocycles. The number of carbonyl (C=O) groups is 4. The summed E-state index contributed by atoms with van der Waals surface area (Å²) in [5.74, 6) is -4.38. The van der Waals surface area contributed by atoms with Gasteiger partial charge in [0.25, 0.3) is 0 Å². The molecule has 3 aromatic carbocycles. The first kappa shape index (κ1) is 35.7. The molecule has 10 nitrogen and oxygen atoms in total. The summed E-state index contributed by atoms with van der Waals surface area (Å²) in [5.41, 5.74) is 3.04. The van der Waals surface area contributed by atoms with E-state index in [2.05, 4.69) is 0 Å². The summed E-state index contributed by atoms with van der Waals surface area (Å²) in [7, 11) is 3.16. The van der Waals surface area contributed by atoms with E-state index in [1.165, 1.54) is 23.0 Å². The van der Waals surface area contributed by atoms with Gasteiger partial charge in [0, 0.05) is 33.8 Å². The van der Waals surface area contributed by atoms with Crippen LogP contribution in [-0.2, 0) is 26.2 Å². The Hall–Kier alpha value is -4.97. The van der Waals surface area contributed by atoms with Crippen LogP contribution in [0.2, 0.25) is 10.0 Å². The average Bonchev–Trinajstić information content (AvgIpc) is 3.83. The zero-order valence-corrected chi connectivity index (χ0v) is 32.9. The predicted molar refractivity (Wildman–Crippen MR) is 212 cm³/mol. The molecule has 55 heavy (non-hydrogen) atoms. The Labute approximate surface area is 330 Å². The Bertz CT molecular complexity index is 2580. The fraction of sp³-hybridized carbons (Fsp3) is 0.310. The van der Waals surface area contributed by atoms with Crippen LogP contribution in [0.15, 0.2) is 72.3 Å². The molecule has 4 heterocycles. The molecule has 0 radical (unpaired) electrons. The van der Waals surface area contributed by atoms with E-state index in [9.17, 15) is 19.5 Å². The fourth-order valence-electron chi connectivity index (χ4n) is 9.68. The van der Waals surface area contributed by atoms with Gasteiger partial charge >= 0.3 is 0 Å². The second-order valence-corrected chi connectivity index (χ2v) is 17.1. The molecule has 4 amide bonds. The van der Waals surface area contributed by atoms with Crippen LogP contribution >= 0.6 is 34.5 Å². The van der Waals surface area contributed by atoms with Crippen LogP contribution < -0.4 is 14.5 Å². The number of phenols is 1. The van der Waals surface area contributed by atoms with Gasteiger partial charge in [0.2, 0.25) is 23.6 Å². The summed E-state index contributed by atoms with van der Waals surface area (Å²) in [4.78, 5) is 62.0. The smallest absolute Gasteiger partial charge is 0.242 e. The number of fused-ring (bicyclic) bond motifs is 5. The molecular weight excluding hydrogens is 759 g/mol. The Kier molecular flexibility index (Phi) is 8.13. The lowest BCUT2D eigenvalue weighted by Crippen LogP contribution is -2.48. The molecule has 9 rings (SSSR count). The number of carbonyl (C=O) groups excluding carboxylic acids is 4. The van der Waals surface area contributed by atoms with Crippen LogP contribution in [0.3, 0.4) is 0 Å². The number of ether oxygens (including phenoxy) is 1. The number of aromatic hydroxyl groups is 1. The molecule has 0 unspecified atom stereocenters. The number of amides is 4. The van der Waals surface area contributed by atoms with Gasteiger partial charge in [-0.15, -0.1) is 11.3 Å². The number of anilines is 2. The van der Waals surface area contributed by atoms with Crippen LogP contribution in [-0.4, -0.2) is 45.6 Å². The van der Waals surface area contributed by atoms with Crippen LogP contribution in [0.25, 0.3) is 20.7 Å². The summed E-state index contributed by atoms with van der Waals surface area (Å²) < 4.78 is 8.11. The number of halogens is 2. The van der Waals surface area contributed by atoms with Crippen molar-refractivity contribution in [2.45, 2.75) is 39.5 Å². The summed E-state index contributed by atoms with van der Waals surface area (Å²) in [6, 6.07) is 17.6. The number of thiophene rings is 1. The quantitative estimate of drug-likeness (QED) is 0.140. The van der Waals surface area contributed by atoms with Gasteiger partial charge in [-0.05, 0) is 104 Å². The molecule has 2 aliphatic carbocycles. The second kappa shape index (κ2) is 12.5. The largest absolute Gasteiger partial charge is 0.504 e. The molecule has 13 heteroatoms. The summed E-state index contributed by atoms with van der Waals surface area (Å²) in [6.45, 7) is 5.68. The number of aromatic nitrogens is 2. The van der Waals surface area contributed by atoms with Gasteiger partial charge in [0.1, 0.15) is 11.5 Å². The number of allylic oxidation sites excluding steroid dienone is 2. The number of aryl methyl sites for hydroxylation is 3. The van der Waals surface area contributed by atoms with Gasteiger partial charge in [-0.1, -0.05) is 47.0 Å². The van der Waals surface area contributed by atoms with Crippen LogP contribution in [0.1, 0.15) is 42.4 Å². The highest BCUT2D eigenvalue weighted by Gasteiger charge is 2.68. The molecule has 0 spiro atoms. The zero-order chi connectivity index (χ0) is 38.8. The maximum atomic E-state index is 15.1. The van der Waals surface area contributed by atoms with E-state index >= 15 is 4.79 Å². The summed E-state index contributed by atoms with van der Waals surface area (Å²) in [5, 5.41) is 17.5. The zero-order valence-electron chi connectivity index (χ0n) is 30.6.